The molecule has 160 valence electrons. The number of fused-ring (bicyclic) bond motifs is 1. The molecule has 1 N–H and O–H groups in total. The first-order chi connectivity index (χ1) is 15.4. The van der Waals surface area contributed by atoms with Gasteiger partial charge in [-0.3, -0.25) is 19.5 Å². The van der Waals surface area contributed by atoms with Gasteiger partial charge in [-0.25, -0.2) is 4.39 Å². The van der Waals surface area contributed by atoms with Gasteiger partial charge in [0.1, 0.15) is 23.4 Å². The van der Waals surface area contributed by atoms with E-state index in [0.29, 0.717) is 17.5 Å². The molecule has 0 radical (unpaired) electrons. The van der Waals surface area contributed by atoms with Crippen molar-refractivity contribution in [2.75, 3.05) is 4.90 Å². The number of hydrogen-bond acceptors (Lipinski definition) is 5. The van der Waals surface area contributed by atoms with Crippen molar-refractivity contribution >= 4 is 23.1 Å². The summed E-state index contributed by atoms with van der Waals surface area (Å²) in [7, 11) is 0. The molecule has 32 heavy (non-hydrogen) atoms. The largest absolute Gasteiger partial charge is 0.507 e. The fourth-order valence-electron chi connectivity index (χ4n) is 4.31. The number of amides is 1. The number of ketones is 1. The second-order valence-corrected chi connectivity index (χ2v) is 7.88. The first-order valence-corrected chi connectivity index (χ1v) is 10.2. The van der Waals surface area contributed by atoms with Crippen LogP contribution in [0.5, 0.6) is 5.75 Å². The van der Waals surface area contributed by atoms with Crippen molar-refractivity contribution in [3.05, 3.63) is 95.1 Å². The minimum absolute atomic E-state index is 0.0257. The lowest BCUT2D eigenvalue weighted by Gasteiger charge is -2.25. The summed E-state index contributed by atoms with van der Waals surface area (Å²) in [6.45, 7) is 1.95. The molecular formula is C25H19FN2O4. The highest BCUT2D eigenvalue weighted by Gasteiger charge is 2.47. The number of aliphatic hydroxyl groups excluding tert-OH is 1. The van der Waals surface area contributed by atoms with Gasteiger partial charge in [-0.2, -0.15) is 0 Å². The van der Waals surface area contributed by atoms with Gasteiger partial charge in [0, 0.05) is 30.1 Å². The van der Waals surface area contributed by atoms with Gasteiger partial charge in [0.2, 0.25) is 0 Å². The average molecular weight is 430 g/mol. The fourth-order valence-corrected chi connectivity index (χ4v) is 4.31. The summed E-state index contributed by atoms with van der Waals surface area (Å²) in [6, 6.07) is 13.0. The predicted molar refractivity (Wildman–Crippen MR) is 116 cm³/mol. The Bertz CT molecular complexity index is 1270. The van der Waals surface area contributed by atoms with Crippen LogP contribution in [0.3, 0.4) is 0 Å². The molecule has 2 unspecified atom stereocenters. The molecular weight excluding hydrogens is 411 g/mol. The standard InChI is InChI=1S/C25H19FN2O4/c1-14-11-17-12-16(5-6-20(17)32-14)23(29)21-22(15-7-9-27-10-8-15)28(25(31)24(21)30)19-4-2-3-18(26)13-19/h2-10,12-14,22,29H,11H2,1H3/b23-21-. The Balaban J connectivity index is 1.69. The number of benzene rings is 2. The number of aliphatic hydroxyl groups is 1. The van der Waals surface area contributed by atoms with Crippen LogP contribution in [0, 0.1) is 5.82 Å². The lowest BCUT2D eigenvalue weighted by Crippen LogP contribution is -2.29. The van der Waals surface area contributed by atoms with Gasteiger partial charge in [-0.15, -0.1) is 0 Å². The van der Waals surface area contributed by atoms with Crippen LogP contribution in [0.1, 0.15) is 29.7 Å². The van der Waals surface area contributed by atoms with Gasteiger partial charge in [0.25, 0.3) is 11.7 Å². The third kappa shape index (κ3) is 3.22. The second kappa shape index (κ2) is 7.60. The number of Topliss-reactive ketones (excluding diaryl/α,β-unsaturated/α-hetero) is 1. The SMILES string of the molecule is CC1Cc2cc(/C(O)=C3/C(=O)C(=O)N(c4cccc(F)c4)C3c3ccncc3)ccc2O1. The van der Waals surface area contributed by atoms with Gasteiger partial charge in [-0.1, -0.05) is 6.07 Å². The van der Waals surface area contributed by atoms with Crippen molar-refractivity contribution in [2.45, 2.75) is 25.5 Å². The minimum Gasteiger partial charge on any atom is -0.507 e. The Hall–Kier alpha value is -4.00. The third-order valence-electron chi connectivity index (χ3n) is 5.72. The third-order valence-corrected chi connectivity index (χ3v) is 5.72. The van der Waals surface area contributed by atoms with Gasteiger partial charge < -0.3 is 9.84 Å². The van der Waals surface area contributed by atoms with Crippen molar-refractivity contribution < 1.29 is 23.8 Å². The van der Waals surface area contributed by atoms with Crippen LogP contribution in [-0.2, 0) is 16.0 Å². The lowest BCUT2D eigenvalue weighted by molar-refractivity contribution is -0.132. The molecule has 1 amide bonds. The Morgan fingerprint density at radius 3 is 2.66 bits per heavy atom. The van der Waals surface area contributed by atoms with Crippen LogP contribution in [-0.4, -0.2) is 27.9 Å². The van der Waals surface area contributed by atoms with E-state index in [1.165, 1.54) is 35.5 Å². The first kappa shape index (κ1) is 19.9. The van der Waals surface area contributed by atoms with Gasteiger partial charge in [0.15, 0.2) is 0 Å². The molecule has 3 heterocycles. The number of rotatable bonds is 3. The quantitative estimate of drug-likeness (QED) is 0.383. The maximum atomic E-state index is 13.9. The number of nitrogens with zero attached hydrogens (tertiary/aromatic N) is 2. The van der Waals surface area contributed by atoms with Crippen molar-refractivity contribution in [2.24, 2.45) is 0 Å². The van der Waals surface area contributed by atoms with Crippen molar-refractivity contribution in [3.8, 4) is 5.75 Å². The van der Waals surface area contributed by atoms with E-state index in [9.17, 15) is 19.1 Å². The molecule has 0 saturated carbocycles. The van der Waals surface area contributed by atoms with E-state index >= 15 is 0 Å². The highest BCUT2D eigenvalue weighted by atomic mass is 19.1. The molecule has 1 saturated heterocycles. The van der Waals surface area contributed by atoms with E-state index in [1.54, 1.807) is 36.4 Å². The van der Waals surface area contributed by atoms with E-state index in [1.807, 2.05) is 6.92 Å². The van der Waals surface area contributed by atoms with Gasteiger partial charge in [-0.05, 0) is 66.6 Å². The Kier molecular flexibility index (Phi) is 4.74. The fraction of sp³-hybridized carbons (Fsp3) is 0.160. The lowest BCUT2D eigenvalue weighted by atomic mass is 9.95. The minimum atomic E-state index is -0.928. The summed E-state index contributed by atoms with van der Waals surface area (Å²) >= 11 is 0. The second-order valence-electron chi connectivity index (χ2n) is 7.88. The summed E-state index contributed by atoms with van der Waals surface area (Å²) in [5, 5.41) is 11.2. The molecule has 2 aliphatic heterocycles. The summed E-state index contributed by atoms with van der Waals surface area (Å²) in [4.78, 5) is 31.4. The highest BCUT2D eigenvalue weighted by molar-refractivity contribution is 6.51. The van der Waals surface area contributed by atoms with E-state index < -0.39 is 23.5 Å². The van der Waals surface area contributed by atoms with Crippen LogP contribution in [0.4, 0.5) is 10.1 Å². The Morgan fingerprint density at radius 1 is 1.12 bits per heavy atom. The summed E-state index contributed by atoms with van der Waals surface area (Å²) in [5.41, 5.74) is 2.07. The van der Waals surface area contributed by atoms with Crippen LogP contribution in [0.25, 0.3) is 5.76 Å². The first-order valence-electron chi connectivity index (χ1n) is 10.2. The number of hydrogen-bond donors (Lipinski definition) is 1. The number of carbonyl (C=O) groups is 2. The van der Waals surface area contributed by atoms with Crippen LogP contribution >= 0.6 is 0 Å². The van der Waals surface area contributed by atoms with Crippen LogP contribution in [0.2, 0.25) is 0 Å². The van der Waals surface area contributed by atoms with E-state index in [0.717, 1.165) is 11.3 Å². The van der Waals surface area contributed by atoms with E-state index in [-0.39, 0.29) is 23.1 Å². The normalized spacial score (nSPS) is 21.5. The zero-order chi connectivity index (χ0) is 22.4. The number of carbonyl (C=O) groups excluding carboxylic acids is 2. The molecule has 5 rings (SSSR count). The summed E-state index contributed by atoms with van der Waals surface area (Å²) in [6.07, 6.45) is 3.78. The van der Waals surface area contributed by atoms with Gasteiger partial charge >= 0.3 is 0 Å². The molecule has 1 aromatic heterocycles. The zero-order valence-corrected chi connectivity index (χ0v) is 17.2. The number of ether oxygens (including phenoxy) is 1. The molecule has 0 bridgehead atoms. The monoisotopic (exact) mass is 430 g/mol. The maximum absolute atomic E-state index is 13.9. The number of halogens is 1. The molecule has 6 nitrogen and oxygen atoms in total. The molecule has 1 fully saturated rings. The number of pyridine rings is 1. The number of anilines is 1. The molecule has 0 spiro atoms. The van der Waals surface area contributed by atoms with Crippen molar-refractivity contribution in [1.29, 1.82) is 0 Å². The number of aromatic nitrogens is 1. The molecule has 3 aromatic rings. The molecule has 2 aromatic carbocycles. The molecule has 0 aliphatic carbocycles. The van der Waals surface area contributed by atoms with E-state index in [2.05, 4.69) is 4.98 Å². The average Bonchev–Trinajstić information content (AvgIpc) is 3.29. The Labute approximate surface area is 183 Å². The smallest absolute Gasteiger partial charge is 0.300 e. The van der Waals surface area contributed by atoms with Gasteiger partial charge in [0.05, 0.1) is 11.6 Å². The van der Waals surface area contributed by atoms with E-state index in [4.69, 9.17) is 4.74 Å². The van der Waals surface area contributed by atoms with Crippen molar-refractivity contribution in [3.63, 3.8) is 0 Å². The topological polar surface area (TPSA) is 79.7 Å². The van der Waals surface area contributed by atoms with Crippen molar-refractivity contribution in [1.82, 2.24) is 4.98 Å². The predicted octanol–water partition coefficient (Wildman–Crippen LogP) is 4.17. The molecule has 2 atom stereocenters. The zero-order valence-electron chi connectivity index (χ0n) is 17.2. The molecule has 7 heteroatoms. The Morgan fingerprint density at radius 2 is 1.91 bits per heavy atom. The van der Waals surface area contributed by atoms with Crippen LogP contribution < -0.4 is 9.64 Å². The van der Waals surface area contributed by atoms with Crippen LogP contribution in [0.15, 0.2) is 72.6 Å². The summed E-state index contributed by atoms with van der Waals surface area (Å²) in [5.74, 6) is -1.76. The summed E-state index contributed by atoms with van der Waals surface area (Å²) < 4.78 is 19.7. The highest BCUT2D eigenvalue weighted by Crippen LogP contribution is 2.42. The maximum Gasteiger partial charge on any atom is 0.300 e. The molecule has 2 aliphatic rings.